The smallest absolute Gasteiger partial charge is 0.328 e. The highest BCUT2D eigenvalue weighted by Crippen LogP contribution is 2.33. The van der Waals surface area contributed by atoms with Crippen molar-refractivity contribution in [2.24, 2.45) is 0 Å². The van der Waals surface area contributed by atoms with Crippen molar-refractivity contribution < 1.29 is 9.53 Å². The van der Waals surface area contributed by atoms with Gasteiger partial charge in [-0.25, -0.2) is 4.79 Å². The van der Waals surface area contributed by atoms with E-state index in [4.69, 9.17) is 16.3 Å². The number of nitrogens with zero attached hydrogens (tertiary/aromatic N) is 1. The fourth-order valence-electron chi connectivity index (χ4n) is 2.88. The van der Waals surface area contributed by atoms with Crippen LogP contribution in [-0.4, -0.2) is 24.0 Å². The van der Waals surface area contributed by atoms with Crippen LogP contribution in [0.5, 0.6) is 0 Å². The molecule has 1 atom stereocenters. The molecule has 0 unspecified atom stereocenters. The number of rotatable bonds is 4. The SMILES string of the molecule is CCOC(=O)[C@H](c1ccccc1Cl)N1CCc2sccc2C1. The summed E-state index contributed by atoms with van der Waals surface area (Å²) in [5.74, 6) is -0.228. The van der Waals surface area contributed by atoms with Gasteiger partial charge in [-0.2, -0.15) is 0 Å². The monoisotopic (exact) mass is 335 g/mol. The average molecular weight is 336 g/mol. The van der Waals surface area contributed by atoms with Gasteiger partial charge in [0, 0.05) is 23.0 Å². The number of benzene rings is 1. The minimum atomic E-state index is -0.443. The topological polar surface area (TPSA) is 29.5 Å². The van der Waals surface area contributed by atoms with Crippen LogP contribution in [0.3, 0.4) is 0 Å². The normalized spacial score (nSPS) is 16.1. The van der Waals surface area contributed by atoms with Gasteiger partial charge in [-0.3, -0.25) is 4.90 Å². The molecular weight excluding hydrogens is 318 g/mol. The largest absolute Gasteiger partial charge is 0.465 e. The van der Waals surface area contributed by atoms with E-state index in [2.05, 4.69) is 16.3 Å². The maximum absolute atomic E-state index is 12.5. The van der Waals surface area contributed by atoms with Crippen LogP contribution >= 0.6 is 22.9 Å². The van der Waals surface area contributed by atoms with E-state index >= 15 is 0 Å². The summed E-state index contributed by atoms with van der Waals surface area (Å²) in [5, 5.41) is 2.72. The van der Waals surface area contributed by atoms with Crippen molar-refractivity contribution in [2.45, 2.75) is 25.9 Å². The molecule has 0 bridgehead atoms. The second-order valence-corrected chi connectivity index (χ2v) is 6.67. The number of hydrogen-bond acceptors (Lipinski definition) is 4. The molecule has 0 saturated heterocycles. The average Bonchev–Trinajstić information content (AvgIpc) is 2.97. The molecule has 1 aromatic heterocycles. The summed E-state index contributed by atoms with van der Waals surface area (Å²) in [4.78, 5) is 16.1. The van der Waals surface area contributed by atoms with Crippen molar-refractivity contribution >= 4 is 28.9 Å². The quantitative estimate of drug-likeness (QED) is 0.789. The van der Waals surface area contributed by atoms with Crippen LogP contribution in [-0.2, 0) is 22.5 Å². The van der Waals surface area contributed by atoms with Gasteiger partial charge < -0.3 is 4.74 Å². The molecular formula is C17H18ClNO2S. The molecule has 2 aromatic rings. The lowest BCUT2D eigenvalue weighted by molar-refractivity contribution is -0.150. The Morgan fingerprint density at radius 2 is 2.23 bits per heavy atom. The van der Waals surface area contributed by atoms with E-state index in [1.807, 2.05) is 31.2 Å². The van der Waals surface area contributed by atoms with Gasteiger partial charge >= 0.3 is 5.97 Å². The molecule has 5 heteroatoms. The highest BCUT2D eigenvalue weighted by Gasteiger charge is 2.33. The summed E-state index contributed by atoms with van der Waals surface area (Å²) in [7, 11) is 0. The maximum Gasteiger partial charge on any atom is 0.328 e. The first-order chi connectivity index (χ1) is 10.7. The molecule has 0 aliphatic carbocycles. The number of esters is 1. The number of hydrogen-bond donors (Lipinski definition) is 0. The summed E-state index contributed by atoms with van der Waals surface area (Å²) >= 11 is 8.12. The minimum absolute atomic E-state index is 0.228. The van der Waals surface area contributed by atoms with Gasteiger partial charge in [0.1, 0.15) is 6.04 Å². The molecule has 0 saturated carbocycles. The molecule has 116 valence electrons. The molecule has 0 N–H and O–H groups in total. The molecule has 1 aliphatic rings. The lowest BCUT2D eigenvalue weighted by atomic mass is 10.0. The van der Waals surface area contributed by atoms with E-state index in [1.165, 1.54) is 10.4 Å². The third kappa shape index (κ3) is 3.05. The predicted octanol–water partition coefficient (Wildman–Crippen LogP) is 4.06. The zero-order chi connectivity index (χ0) is 15.5. The molecule has 1 aromatic carbocycles. The van der Waals surface area contributed by atoms with Gasteiger partial charge in [0.15, 0.2) is 0 Å². The van der Waals surface area contributed by atoms with Crippen LogP contribution in [0.2, 0.25) is 5.02 Å². The highest BCUT2D eigenvalue weighted by molar-refractivity contribution is 7.10. The standard InChI is InChI=1S/C17H18ClNO2S/c1-2-21-17(20)16(13-5-3-4-6-14(13)18)19-9-7-15-12(11-19)8-10-22-15/h3-6,8,10,16H,2,7,9,11H2,1H3/t16-/m0/s1. The van der Waals surface area contributed by atoms with Crippen LogP contribution < -0.4 is 0 Å². The summed E-state index contributed by atoms with van der Waals surface area (Å²) in [6.07, 6.45) is 0.966. The first kappa shape index (κ1) is 15.5. The zero-order valence-corrected chi connectivity index (χ0v) is 14.0. The number of fused-ring (bicyclic) bond motifs is 1. The van der Waals surface area contributed by atoms with Gasteiger partial charge in [-0.05, 0) is 42.0 Å². The van der Waals surface area contributed by atoms with Gasteiger partial charge in [0.05, 0.1) is 6.61 Å². The van der Waals surface area contributed by atoms with Crippen LogP contribution in [0.4, 0.5) is 0 Å². The van der Waals surface area contributed by atoms with Crippen molar-refractivity contribution in [1.29, 1.82) is 0 Å². The summed E-state index contributed by atoms with van der Waals surface area (Å²) in [6, 6.07) is 9.22. The second-order valence-electron chi connectivity index (χ2n) is 5.27. The Labute approximate surface area is 139 Å². The zero-order valence-electron chi connectivity index (χ0n) is 12.4. The van der Waals surface area contributed by atoms with Crippen molar-refractivity contribution in [3.05, 3.63) is 56.7 Å². The van der Waals surface area contributed by atoms with Crippen LogP contribution in [0.15, 0.2) is 35.7 Å². The molecule has 0 spiro atoms. The number of thiophene rings is 1. The number of carbonyl (C=O) groups excluding carboxylic acids is 1. The van der Waals surface area contributed by atoms with E-state index < -0.39 is 6.04 Å². The lowest BCUT2D eigenvalue weighted by Crippen LogP contribution is -2.38. The Balaban J connectivity index is 1.93. The molecule has 1 aliphatic heterocycles. The lowest BCUT2D eigenvalue weighted by Gasteiger charge is -2.33. The molecule has 0 fully saturated rings. The van der Waals surface area contributed by atoms with E-state index in [-0.39, 0.29) is 5.97 Å². The molecule has 3 rings (SSSR count). The predicted molar refractivity (Wildman–Crippen MR) is 89.3 cm³/mol. The molecule has 0 radical (unpaired) electrons. The van der Waals surface area contributed by atoms with Gasteiger partial charge in [0.2, 0.25) is 0 Å². The third-order valence-corrected chi connectivity index (χ3v) is 5.28. The number of carbonyl (C=O) groups is 1. The summed E-state index contributed by atoms with van der Waals surface area (Å²) in [6.45, 7) is 3.79. The maximum atomic E-state index is 12.5. The van der Waals surface area contributed by atoms with E-state index in [0.29, 0.717) is 11.6 Å². The van der Waals surface area contributed by atoms with Crippen LogP contribution in [0, 0.1) is 0 Å². The van der Waals surface area contributed by atoms with Crippen molar-refractivity contribution in [1.82, 2.24) is 4.90 Å². The molecule has 3 nitrogen and oxygen atoms in total. The second kappa shape index (κ2) is 6.82. The fourth-order valence-corrected chi connectivity index (χ4v) is 4.01. The van der Waals surface area contributed by atoms with E-state index in [0.717, 1.165) is 25.1 Å². The molecule has 22 heavy (non-hydrogen) atoms. The van der Waals surface area contributed by atoms with Crippen LogP contribution in [0.25, 0.3) is 0 Å². The van der Waals surface area contributed by atoms with Crippen molar-refractivity contribution in [3.63, 3.8) is 0 Å². The molecule has 0 amide bonds. The van der Waals surface area contributed by atoms with E-state index in [9.17, 15) is 4.79 Å². The van der Waals surface area contributed by atoms with Crippen molar-refractivity contribution in [2.75, 3.05) is 13.2 Å². The number of ether oxygens (including phenoxy) is 1. The van der Waals surface area contributed by atoms with Crippen LogP contribution in [0.1, 0.15) is 29.0 Å². The Hall–Kier alpha value is -1.36. The first-order valence-electron chi connectivity index (χ1n) is 7.41. The van der Waals surface area contributed by atoms with Gasteiger partial charge in [-0.15, -0.1) is 11.3 Å². The Kier molecular flexibility index (Phi) is 4.81. The van der Waals surface area contributed by atoms with E-state index in [1.54, 1.807) is 11.3 Å². The molecule has 2 heterocycles. The van der Waals surface area contributed by atoms with Crippen molar-refractivity contribution in [3.8, 4) is 0 Å². The Bertz CT molecular complexity index is 670. The summed E-state index contributed by atoms with van der Waals surface area (Å²) < 4.78 is 5.30. The van der Waals surface area contributed by atoms with Gasteiger partial charge in [-0.1, -0.05) is 29.8 Å². The fraction of sp³-hybridized carbons (Fsp3) is 0.353. The number of halogens is 1. The first-order valence-corrected chi connectivity index (χ1v) is 8.66. The minimum Gasteiger partial charge on any atom is -0.465 e. The summed E-state index contributed by atoms with van der Waals surface area (Å²) in [5.41, 5.74) is 2.12. The van der Waals surface area contributed by atoms with Gasteiger partial charge in [0.25, 0.3) is 0 Å². The Morgan fingerprint density at radius 1 is 1.41 bits per heavy atom. The third-order valence-electron chi connectivity index (χ3n) is 3.91. The highest BCUT2D eigenvalue weighted by atomic mass is 35.5. The Morgan fingerprint density at radius 3 is 3.00 bits per heavy atom.